The SMILES string of the molecule is O=C(Cc1ccc(Cl)cc1)Nc1ccc(N2CCCCCC2)nn1. The summed E-state index contributed by atoms with van der Waals surface area (Å²) in [5, 5.41) is 11.8. The van der Waals surface area contributed by atoms with E-state index >= 15 is 0 Å². The van der Waals surface area contributed by atoms with Gasteiger partial charge in [0.2, 0.25) is 5.91 Å². The lowest BCUT2D eigenvalue weighted by Crippen LogP contribution is -2.25. The molecular weight excluding hydrogens is 324 g/mol. The standard InChI is InChI=1S/C18H21ClN4O/c19-15-7-5-14(6-8-15)13-18(24)20-16-9-10-17(22-21-16)23-11-3-1-2-4-12-23/h5-10H,1-4,11-13H2,(H,20,21,24). The highest BCUT2D eigenvalue weighted by atomic mass is 35.5. The van der Waals surface area contributed by atoms with E-state index in [2.05, 4.69) is 20.4 Å². The smallest absolute Gasteiger partial charge is 0.229 e. The Bertz CT molecular complexity index is 664. The number of nitrogens with one attached hydrogen (secondary N) is 1. The Labute approximate surface area is 147 Å². The van der Waals surface area contributed by atoms with Gasteiger partial charge in [-0.2, -0.15) is 0 Å². The van der Waals surface area contributed by atoms with Crippen molar-refractivity contribution in [3.05, 3.63) is 47.0 Å². The number of rotatable bonds is 4. The first-order valence-corrected chi connectivity index (χ1v) is 8.71. The van der Waals surface area contributed by atoms with Crippen molar-refractivity contribution >= 4 is 29.1 Å². The van der Waals surface area contributed by atoms with Crippen LogP contribution < -0.4 is 10.2 Å². The first kappa shape index (κ1) is 16.7. The van der Waals surface area contributed by atoms with Crippen molar-refractivity contribution in [1.29, 1.82) is 0 Å². The molecule has 2 aromatic rings. The quantitative estimate of drug-likeness (QED) is 0.919. The molecule has 1 aromatic carbocycles. The first-order chi connectivity index (χ1) is 11.7. The van der Waals surface area contributed by atoms with Crippen molar-refractivity contribution in [2.24, 2.45) is 0 Å². The van der Waals surface area contributed by atoms with Gasteiger partial charge in [-0.1, -0.05) is 36.6 Å². The number of nitrogens with zero attached hydrogens (tertiary/aromatic N) is 3. The first-order valence-electron chi connectivity index (χ1n) is 8.34. The number of amides is 1. The van der Waals surface area contributed by atoms with Gasteiger partial charge in [0.15, 0.2) is 11.6 Å². The number of aromatic nitrogens is 2. The Kier molecular flexibility index (Phi) is 5.64. The van der Waals surface area contributed by atoms with E-state index in [0.717, 1.165) is 24.5 Å². The molecule has 24 heavy (non-hydrogen) atoms. The van der Waals surface area contributed by atoms with Gasteiger partial charge in [-0.3, -0.25) is 4.79 Å². The molecule has 0 atom stereocenters. The Morgan fingerprint density at radius 3 is 2.33 bits per heavy atom. The second kappa shape index (κ2) is 8.11. The number of carbonyl (C=O) groups excluding carboxylic acids is 1. The van der Waals surface area contributed by atoms with Gasteiger partial charge in [0.1, 0.15) is 0 Å². The zero-order valence-electron chi connectivity index (χ0n) is 13.5. The lowest BCUT2D eigenvalue weighted by atomic mass is 10.1. The minimum atomic E-state index is -0.117. The van der Waals surface area contributed by atoms with E-state index in [9.17, 15) is 4.79 Å². The van der Waals surface area contributed by atoms with Crippen molar-refractivity contribution in [2.45, 2.75) is 32.1 Å². The van der Waals surface area contributed by atoms with Crippen LogP contribution in [0.2, 0.25) is 5.02 Å². The molecule has 1 fully saturated rings. The Hall–Kier alpha value is -2.14. The highest BCUT2D eigenvalue weighted by molar-refractivity contribution is 6.30. The van der Waals surface area contributed by atoms with E-state index in [4.69, 9.17) is 11.6 Å². The molecule has 0 saturated carbocycles. The molecule has 126 valence electrons. The molecule has 5 nitrogen and oxygen atoms in total. The largest absolute Gasteiger partial charge is 0.355 e. The van der Waals surface area contributed by atoms with Crippen LogP contribution in [-0.2, 0) is 11.2 Å². The summed E-state index contributed by atoms with van der Waals surface area (Å²) in [6, 6.07) is 11.0. The lowest BCUT2D eigenvalue weighted by Gasteiger charge is -2.20. The van der Waals surface area contributed by atoms with Gasteiger partial charge in [-0.25, -0.2) is 0 Å². The average Bonchev–Trinajstić information content (AvgIpc) is 2.87. The van der Waals surface area contributed by atoms with Gasteiger partial charge in [0, 0.05) is 18.1 Å². The summed E-state index contributed by atoms with van der Waals surface area (Å²) in [4.78, 5) is 14.3. The second-order valence-electron chi connectivity index (χ2n) is 6.03. The molecule has 1 saturated heterocycles. The summed E-state index contributed by atoms with van der Waals surface area (Å²) in [7, 11) is 0. The predicted molar refractivity (Wildman–Crippen MR) is 96.5 cm³/mol. The van der Waals surface area contributed by atoms with Gasteiger partial charge in [-0.05, 0) is 42.7 Å². The zero-order chi connectivity index (χ0) is 16.8. The van der Waals surface area contributed by atoms with E-state index < -0.39 is 0 Å². The number of halogens is 1. The molecule has 2 heterocycles. The van der Waals surface area contributed by atoms with Crippen LogP contribution >= 0.6 is 11.6 Å². The molecule has 0 aliphatic carbocycles. The molecule has 1 amide bonds. The molecule has 0 bridgehead atoms. The van der Waals surface area contributed by atoms with Gasteiger partial charge in [0.05, 0.1) is 6.42 Å². The summed E-state index contributed by atoms with van der Waals surface area (Å²) in [6.45, 7) is 2.05. The Balaban J connectivity index is 1.57. The van der Waals surface area contributed by atoms with E-state index in [1.54, 1.807) is 12.1 Å². The molecule has 1 aliphatic heterocycles. The van der Waals surface area contributed by atoms with Crippen LogP contribution in [0.1, 0.15) is 31.2 Å². The third-order valence-corrected chi connectivity index (χ3v) is 4.38. The van der Waals surface area contributed by atoms with Crippen LogP contribution in [-0.4, -0.2) is 29.2 Å². The summed E-state index contributed by atoms with van der Waals surface area (Å²) >= 11 is 5.84. The summed E-state index contributed by atoms with van der Waals surface area (Å²) < 4.78 is 0. The molecular formula is C18H21ClN4O. The highest BCUT2D eigenvalue weighted by Gasteiger charge is 2.12. The van der Waals surface area contributed by atoms with Crippen molar-refractivity contribution < 1.29 is 4.79 Å². The minimum Gasteiger partial charge on any atom is -0.355 e. The number of carbonyl (C=O) groups is 1. The monoisotopic (exact) mass is 344 g/mol. The van der Waals surface area contributed by atoms with E-state index in [1.807, 2.05) is 24.3 Å². The third-order valence-electron chi connectivity index (χ3n) is 4.13. The van der Waals surface area contributed by atoms with E-state index in [0.29, 0.717) is 10.8 Å². The van der Waals surface area contributed by atoms with Crippen molar-refractivity contribution in [3.63, 3.8) is 0 Å². The molecule has 0 spiro atoms. The normalized spacial score (nSPS) is 15.0. The van der Waals surface area contributed by atoms with Crippen LogP contribution in [0.3, 0.4) is 0 Å². The van der Waals surface area contributed by atoms with E-state index in [-0.39, 0.29) is 12.3 Å². The lowest BCUT2D eigenvalue weighted by molar-refractivity contribution is -0.115. The summed E-state index contributed by atoms with van der Waals surface area (Å²) in [6.07, 6.45) is 5.24. The van der Waals surface area contributed by atoms with Crippen molar-refractivity contribution in [3.8, 4) is 0 Å². The molecule has 0 radical (unpaired) electrons. The van der Waals surface area contributed by atoms with Crippen LogP contribution in [0.15, 0.2) is 36.4 Å². The molecule has 1 N–H and O–H groups in total. The van der Waals surface area contributed by atoms with Gasteiger partial charge >= 0.3 is 0 Å². The number of anilines is 2. The van der Waals surface area contributed by atoms with Crippen LogP contribution in [0.25, 0.3) is 0 Å². The second-order valence-corrected chi connectivity index (χ2v) is 6.47. The number of hydrogen-bond donors (Lipinski definition) is 1. The fourth-order valence-corrected chi connectivity index (χ4v) is 2.96. The number of hydrogen-bond acceptors (Lipinski definition) is 4. The van der Waals surface area contributed by atoms with Gasteiger partial charge < -0.3 is 10.2 Å². The predicted octanol–water partition coefficient (Wildman–Crippen LogP) is 3.69. The Morgan fingerprint density at radius 2 is 1.71 bits per heavy atom. The molecule has 3 rings (SSSR count). The average molecular weight is 345 g/mol. The fraction of sp³-hybridized carbons (Fsp3) is 0.389. The molecule has 6 heteroatoms. The maximum absolute atomic E-state index is 12.1. The van der Waals surface area contributed by atoms with Crippen LogP contribution in [0, 0.1) is 0 Å². The molecule has 1 aromatic heterocycles. The zero-order valence-corrected chi connectivity index (χ0v) is 14.3. The maximum Gasteiger partial charge on any atom is 0.229 e. The van der Waals surface area contributed by atoms with E-state index in [1.165, 1.54) is 25.7 Å². The topological polar surface area (TPSA) is 58.1 Å². The fourth-order valence-electron chi connectivity index (χ4n) is 2.84. The number of benzene rings is 1. The Morgan fingerprint density at radius 1 is 1.00 bits per heavy atom. The van der Waals surface area contributed by atoms with Crippen LogP contribution in [0.4, 0.5) is 11.6 Å². The third kappa shape index (κ3) is 4.68. The summed E-state index contributed by atoms with van der Waals surface area (Å²) in [5.74, 6) is 1.24. The van der Waals surface area contributed by atoms with Gasteiger partial charge in [0.25, 0.3) is 0 Å². The highest BCUT2D eigenvalue weighted by Crippen LogP contribution is 2.17. The van der Waals surface area contributed by atoms with Crippen molar-refractivity contribution in [2.75, 3.05) is 23.3 Å². The maximum atomic E-state index is 12.1. The van der Waals surface area contributed by atoms with Crippen molar-refractivity contribution in [1.82, 2.24) is 10.2 Å². The van der Waals surface area contributed by atoms with Crippen LogP contribution in [0.5, 0.6) is 0 Å². The molecule has 1 aliphatic rings. The van der Waals surface area contributed by atoms with Gasteiger partial charge in [-0.15, -0.1) is 10.2 Å². The molecule has 0 unspecified atom stereocenters. The minimum absolute atomic E-state index is 0.117. The summed E-state index contributed by atoms with van der Waals surface area (Å²) in [5.41, 5.74) is 0.908.